The Morgan fingerprint density at radius 1 is 1.00 bits per heavy atom. The first-order chi connectivity index (χ1) is 17.0. The molecular formula is C28H46N4O5. The lowest BCUT2D eigenvalue weighted by Crippen LogP contribution is -2.59. The molecule has 0 saturated heterocycles. The molecule has 4 amide bonds. The monoisotopic (exact) mass is 518 g/mol. The molecule has 0 fully saturated rings. The van der Waals surface area contributed by atoms with Gasteiger partial charge < -0.3 is 26.0 Å². The fourth-order valence-corrected chi connectivity index (χ4v) is 4.18. The lowest BCUT2D eigenvalue weighted by atomic mass is 9.90. The van der Waals surface area contributed by atoms with E-state index < -0.39 is 47.6 Å². The quantitative estimate of drug-likeness (QED) is 0.381. The molecule has 2 unspecified atom stereocenters. The third-order valence-corrected chi connectivity index (χ3v) is 5.76. The smallest absolute Gasteiger partial charge is 0.408 e. The minimum atomic E-state index is -1.31. The maximum absolute atomic E-state index is 14.1. The van der Waals surface area contributed by atoms with Gasteiger partial charge in [-0.05, 0) is 78.5 Å². The van der Waals surface area contributed by atoms with Crippen LogP contribution >= 0.6 is 0 Å². The highest BCUT2D eigenvalue weighted by Gasteiger charge is 2.43. The Morgan fingerprint density at radius 2 is 1.57 bits per heavy atom. The van der Waals surface area contributed by atoms with Crippen LogP contribution in [0.5, 0.6) is 0 Å². The molecule has 2 atom stereocenters. The molecule has 1 rings (SSSR count). The van der Waals surface area contributed by atoms with E-state index in [2.05, 4.69) is 17.6 Å². The molecule has 37 heavy (non-hydrogen) atoms. The van der Waals surface area contributed by atoms with Gasteiger partial charge in [0.1, 0.15) is 17.7 Å². The van der Waals surface area contributed by atoms with Crippen molar-refractivity contribution in [2.45, 2.75) is 111 Å². The standard InChI is InChI=1S/C28H46N4O5/c1-10-11-12-16-30-24(34)23(22-18(2)14-13-15-19(22)3)32(27(4,5)6)25(35)20(17-21(29)33)31-26(36)37-28(7,8)9/h13-15,20,23H,10-12,16-17H2,1-9H3,(H2,29,33)(H,30,34)(H,31,36). The van der Waals surface area contributed by atoms with Gasteiger partial charge in [-0.25, -0.2) is 4.79 Å². The van der Waals surface area contributed by atoms with Gasteiger partial charge in [0.2, 0.25) is 17.7 Å². The summed E-state index contributed by atoms with van der Waals surface area (Å²) in [6, 6.07) is 3.38. The van der Waals surface area contributed by atoms with E-state index in [4.69, 9.17) is 10.5 Å². The minimum absolute atomic E-state index is 0.327. The number of benzene rings is 1. The zero-order chi connectivity index (χ0) is 28.6. The number of nitrogens with one attached hydrogen (secondary N) is 2. The second-order valence-electron chi connectivity index (χ2n) is 11.5. The van der Waals surface area contributed by atoms with Crippen LogP contribution in [0.3, 0.4) is 0 Å². The number of carbonyl (C=O) groups is 4. The topological polar surface area (TPSA) is 131 Å². The molecule has 9 nitrogen and oxygen atoms in total. The number of carbonyl (C=O) groups excluding carboxylic acids is 4. The van der Waals surface area contributed by atoms with Crippen molar-refractivity contribution in [1.29, 1.82) is 0 Å². The Hall–Kier alpha value is -3.10. The molecule has 9 heteroatoms. The first kappa shape index (κ1) is 31.9. The van der Waals surface area contributed by atoms with Gasteiger partial charge in [-0.15, -0.1) is 0 Å². The summed E-state index contributed by atoms with van der Waals surface area (Å²) in [6.45, 7) is 16.9. The van der Waals surface area contributed by atoms with Gasteiger partial charge in [-0.1, -0.05) is 38.0 Å². The number of hydrogen-bond acceptors (Lipinski definition) is 5. The number of aryl methyl sites for hydroxylation is 2. The molecule has 0 aromatic heterocycles. The molecule has 1 aromatic carbocycles. The van der Waals surface area contributed by atoms with E-state index in [9.17, 15) is 19.2 Å². The van der Waals surface area contributed by atoms with Crippen LogP contribution in [0.1, 0.15) is 96.9 Å². The molecule has 0 aliphatic heterocycles. The Morgan fingerprint density at radius 3 is 2.03 bits per heavy atom. The van der Waals surface area contributed by atoms with Gasteiger partial charge in [0.05, 0.1) is 6.42 Å². The SMILES string of the molecule is CCCCCNC(=O)C(c1c(C)cccc1C)N(C(=O)C(CC(N)=O)NC(=O)OC(C)(C)C)C(C)(C)C. The summed E-state index contributed by atoms with van der Waals surface area (Å²) in [4.78, 5) is 53.8. The van der Waals surface area contributed by atoms with Gasteiger partial charge in [-0.2, -0.15) is 0 Å². The molecule has 0 spiro atoms. The highest BCUT2D eigenvalue weighted by molar-refractivity contribution is 5.95. The number of alkyl carbamates (subject to hydrolysis) is 1. The van der Waals surface area contributed by atoms with E-state index in [1.165, 1.54) is 4.90 Å². The van der Waals surface area contributed by atoms with Crippen molar-refractivity contribution in [3.8, 4) is 0 Å². The summed E-state index contributed by atoms with van der Waals surface area (Å²) in [5.41, 5.74) is 6.18. The van der Waals surface area contributed by atoms with E-state index in [0.29, 0.717) is 12.1 Å². The molecule has 0 aliphatic carbocycles. The average molecular weight is 519 g/mol. The van der Waals surface area contributed by atoms with Gasteiger partial charge in [-0.3, -0.25) is 14.4 Å². The highest BCUT2D eigenvalue weighted by Crippen LogP contribution is 2.34. The number of hydrogen-bond donors (Lipinski definition) is 3. The van der Waals surface area contributed by atoms with Crippen LogP contribution in [0.4, 0.5) is 4.79 Å². The van der Waals surface area contributed by atoms with Crippen LogP contribution in [-0.4, -0.2) is 52.4 Å². The van der Waals surface area contributed by atoms with E-state index >= 15 is 0 Å². The molecule has 0 radical (unpaired) electrons. The largest absolute Gasteiger partial charge is 0.444 e. The number of amides is 4. The van der Waals surface area contributed by atoms with Gasteiger partial charge in [0, 0.05) is 12.1 Å². The van der Waals surface area contributed by atoms with Crippen molar-refractivity contribution >= 4 is 23.8 Å². The highest BCUT2D eigenvalue weighted by atomic mass is 16.6. The van der Waals surface area contributed by atoms with Crippen LogP contribution in [0.25, 0.3) is 0 Å². The number of unbranched alkanes of at least 4 members (excludes halogenated alkanes) is 2. The Kier molecular flexibility index (Phi) is 11.6. The van der Waals surface area contributed by atoms with Crippen molar-refractivity contribution in [2.24, 2.45) is 5.73 Å². The fourth-order valence-electron chi connectivity index (χ4n) is 4.18. The number of primary amides is 1. The molecule has 4 N–H and O–H groups in total. The zero-order valence-electron chi connectivity index (χ0n) is 24.0. The third kappa shape index (κ3) is 10.1. The molecule has 0 bridgehead atoms. The predicted octanol–water partition coefficient (Wildman–Crippen LogP) is 4.05. The maximum Gasteiger partial charge on any atom is 0.408 e. The lowest BCUT2D eigenvalue weighted by molar-refractivity contribution is -0.149. The van der Waals surface area contributed by atoms with Crippen LogP contribution in [0.15, 0.2) is 18.2 Å². The molecule has 208 valence electrons. The van der Waals surface area contributed by atoms with E-state index in [-0.39, 0.29) is 5.91 Å². The average Bonchev–Trinajstić information content (AvgIpc) is 2.72. The maximum atomic E-state index is 14.1. The summed E-state index contributed by atoms with van der Waals surface area (Å²) in [7, 11) is 0. The first-order valence-corrected chi connectivity index (χ1v) is 12.9. The summed E-state index contributed by atoms with van der Waals surface area (Å²) < 4.78 is 5.32. The summed E-state index contributed by atoms with van der Waals surface area (Å²) >= 11 is 0. The van der Waals surface area contributed by atoms with Crippen molar-refractivity contribution in [3.63, 3.8) is 0 Å². The summed E-state index contributed by atoms with van der Waals surface area (Å²) in [6.07, 6.45) is 1.50. The van der Waals surface area contributed by atoms with Crippen molar-refractivity contribution < 1.29 is 23.9 Å². The Bertz CT molecular complexity index is 942. The molecular weight excluding hydrogens is 472 g/mol. The Balaban J connectivity index is 3.61. The number of ether oxygens (including phenoxy) is 1. The third-order valence-electron chi connectivity index (χ3n) is 5.76. The normalized spacial score (nSPS) is 13.3. The zero-order valence-corrected chi connectivity index (χ0v) is 24.0. The number of nitrogens with two attached hydrogens (primary N) is 1. The molecule has 0 aliphatic rings. The van der Waals surface area contributed by atoms with Crippen molar-refractivity contribution in [2.75, 3.05) is 6.54 Å². The van der Waals surface area contributed by atoms with Gasteiger partial charge in [0.25, 0.3) is 0 Å². The molecule has 0 saturated carbocycles. The van der Waals surface area contributed by atoms with Crippen molar-refractivity contribution in [1.82, 2.24) is 15.5 Å². The lowest BCUT2D eigenvalue weighted by Gasteiger charge is -2.43. The van der Waals surface area contributed by atoms with Crippen LogP contribution in [0, 0.1) is 13.8 Å². The Labute approximate surface area is 221 Å². The first-order valence-electron chi connectivity index (χ1n) is 12.9. The molecule has 1 aromatic rings. The molecule has 0 heterocycles. The van der Waals surface area contributed by atoms with Crippen LogP contribution < -0.4 is 16.4 Å². The second kappa shape index (κ2) is 13.4. The van der Waals surface area contributed by atoms with Crippen molar-refractivity contribution in [3.05, 3.63) is 34.9 Å². The summed E-state index contributed by atoms with van der Waals surface area (Å²) in [5, 5.41) is 5.50. The van der Waals surface area contributed by atoms with Gasteiger partial charge >= 0.3 is 6.09 Å². The predicted molar refractivity (Wildman–Crippen MR) is 145 cm³/mol. The minimum Gasteiger partial charge on any atom is -0.444 e. The van der Waals surface area contributed by atoms with E-state index in [1.807, 2.05) is 52.8 Å². The number of nitrogens with zero attached hydrogens (tertiary/aromatic N) is 1. The second-order valence-corrected chi connectivity index (χ2v) is 11.5. The van der Waals surface area contributed by atoms with Crippen LogP contribution in [-0.2, 0) is 19.1 Å². The summed E-state index contributed by atoms with van der Waals surface area (Å²) in [5.74, 6) is -1.70. The van der Waals surface area contributed by atoms with Crippen LogP contribution in [0.2, 0.25) is 0 Å². The number of rotatable bonds is 11. The van der Waals surface area contributed by atoms with Gasteiger partial charge in [0.15, 0.2) is 0 Å². The fraction of sp³-hybridized carbons (Fsp3) is 0.643. The van der Waals surface area contributed by atoms with E-state index in [1.54, 1.807) is 20.8 Å². The van der Waals surface area contributed by atoms with E-state index in [0.717, 1.165) is 30.4 Å².